The van der Waals surface area contributed by atoms with Gasteiger partial charge >= 0.3 is 6.09 Å². The lowest BCUT2D eigenvalue weighted by Crippen LogP contribution is -2.44. The number of fused-ring (bicyclic) bond motifs is 1. The molecule has 0 radical (unpaired) electrons. The van der Waals surface area contributed by atoms with Gasteiger partial charge < -0.3 is 31.0 Å². The average Bonchev–Trinajstić information content (AvgIpc) is 3.25. The highest BCUT2D eigenvalue weighted by molar-refractivity contribution is 5.96. The number of halogens is 2. The number of carboxylic acid groups (broad SMARTS) is 1. The third-order valence-corrected chi connectivity index (χ3v) is 5.55. The van der Waals surface area contributed by atoms with E-state index in [1.165, 1.54) is 48.0 Å². The van der Waals surface area contributed by atoms with E-state index in [2.05, 4.69) is 27.2 Å². The predicted molar refractivity (Wildman–Crippen MR) is 136 cm³/mol. The summed E-state index contributed by atoms with van der Waals surface area (Å²) < 4.78 is 30.5. The van der Waals surface area contributed by atoms with Crippen LogP contribution < -0.4 is 21.9 Å². The van der Waals surface area contributed by atoms with Crippen LogP contribution in [-0.4, -0.2) is 43.6 Å². The fourth-order valence-electron chi connectivity index (χ4n) is 3.66. The van der Waals surface area contributed by atoms with Gasteiger partial charge in [0, 0.05) is 6.20 Å². The second-order valence-corrected chi connectivity index (χ2v) is 8.47. The smallest absolute Gasteiger partial charge is 0.405 e. The zero-order valence-electron chi connectivity index (χ0n) is 20.3. The third kappa shape index (κ3) is 6.49. The van der Waals surface area contributed by atoms with Crippen LogP contribution in [0.25, 0.3) is 11.0 Å². The van der Waals surface area contributed by atoms with Gasteiger partial charge in [-0.25, -0.2) is 9.78 Å². The predicted octanol–water partition coefficient (Wildman–Crippen LogP) is 2.84. The molecule has 38 heavy (non-hydrogen) atoms. The molecule has 0 aliphatic carbocycles. The number of anilines is 1. The molecule has 2 aromatic heterocycles. The molecule has 3 amide bonds. The number of imidazole rings is 1. The van der Waals surface area contributed by atoms with Gasteiger partial charge in [-0.15, -0.1) is 0 Å². The summed E-state index contributed by atoms with van der Waals surface area (Å²) >= 11 is 0. The van der Waals surface area contributed by atoms with E-state index >= 15 is 0 Å². The number of benzene rings is 1. The largest absolute Gasteiger partial charge is 0.465 e. The highest BCUT2D eigenvalue weighted by Gasteiger charge is 2.35. The molecule has 0 fully saturated rings. The number of carbonyl (C=O) groups excluding carboxylic acids is 2. The molecule has 2 heterocycles. The second-order valence-electron chi connectivity index (χ2n) is 8.47. The molecule has 0 aliphatic heterocycles. The number of hydrogen-bond acceptors (Lipinski definition) is 5. The first-order valence-corrected chi connectivity index (χ1v) is 11.4. The van der Waals surface area contributed by atoms with Crippen LogP contribution in [0.5, 0.6) is 0 Å². The summed E-state index contributed by atoms with van der Waals surface area (Å²) in [7, 11) is 0. The summed E-state index contributed by atoms with van der Waals surface area (Å²) in [4.78, 5) is 54.8. The minimum Gasteiger partial charge on any atom is -0.465 e. The van der Waals surface area contributed by atoms with Crippen molar-refractivity contribution in [3.8, 4) is 0 Å². The fraction of sp³-hybridized carbons (Fsp3) is 0.240. The van der Waals surface area contributed by atoms with Crippen molar-refractivity contribution >= 4 is 34.6 Å². The Balaban J connectivity index is 1.82. The maximum atomic E-state index is 14.6. The van der Waals surface area contributed by atoms with E-state index in [4.69, 9.17) is 10.8 Å². The maximum absolute atomic E-state index is 14.6. The molecule has 0 spiro atoms. The second kappa shape index (κ2) is 11.5. The van der Waals surface area contributed by atoms with E-state index in [9.17, 15) is 28.0 Å². The van der Waals surface area contributed by atoms with Crippen molar-refractivity contribution in [1.29, 1.82) is 0 Å². The average molecular weight is 529 g/mol. The normalized spacial score (nSPS) is 12.4. The Morgan fingerprint density at radius 1 is 1.29 bits per heavy atom. The zero-order chi connectivity index (χ0) is 28.0. The molecule has 1 unspecified atom stereocenters. The Kier molecular flexibility index (Phi) is 8.40. The minimum absolute atomic E-state index is 0.000921. The van der Waals surface area contributed by atoms with E-state index in [1.807, 2.05) is 0 Å². The molecular weight excluding hydrogens is 502 g/mol. The van der Waals surface area contributed by atoms with Crippen LogP contribution in [0.3, 0.4) is 0 Å². The molecular formula is C25H26F2N6O5. The first-order chi connectivity index (χ1) is 17.9. The monoisotopic (exact) mass is 528 g/mol. The Morgan fingerprint density at radius 3 is 2.68 bits per heavy atom. The molecule has 3 aromatic rings. The molecule has 1 aromatic carbocycles. The number of hydrogen-bond donors (Lipinski definition) is 5. The number of alkyl halides is 2. The molecule has 0 bridgehead atoms. The van der Waals surface area contributed by atoms with E-state index in [0.29, 0.717) is 5.52 Å². The number of para-hydroxylation sites is 1. The van der Waals surface area contributed by atoms with Gasteiger partial charge in [0.1, 0.15) is 17.6 Å². The van der Waals surface area contributed by atoms with Crippen molar-refractivity contribution in [2.24, 2.45) is 5.73 Å². The van der Waals surface area contributed by atoms with Crippen molar-refractivity contribution in [3.05, 3.63) is 82.6 Å². The van der Waals surface area contributed by atoms with Crippen molar-refractivity contribution in [2.45, 2.75) is 38.3 Å². The van der Waals surface area contributed by atoms with E-state index in [-0.39, 0.29) is 47.6 Å². The lowest BCUT2D eigenvalue weighted by molar-refractivity contribution is -0.118. The summed E-state index contributed by atoms with van der Waals surface area (Å²) in [5, 5.41) is 13.5. The molecule has 13 heteroatoms. The number of pyridine rings is 1. The third-order valence-electron chi connectivity index (χ3n) is 5.55. The van der Waals surface area contributed by atoms with Gasteiger partial charge in [-0.05, 0) is 49.6 Å². The highest BCUT2D eigenvalue weighted by Crippen LogP contribution is 2.37. The van der Waals surface area contributed by atoms with Crippen LogP contribution in [0, 0.1) is 0 Å². The zero-order valence-corrected chi connectivity index (χ0v) is 20.3. The highest BCUT2D eigenvalue weighted by atomic mass is 19.3. The number of nitrogens with one attached hydrogen (secondary N) is 3. The first-order valence-electron chi connectivity index (χ1n) is 11.4. The van der Waals surface area contributed by atoms with Gasteiger partial charge in [-0.2, -0.15) is 8.78 Å². The van der Waals surface area contributed by atoms with Gasteiger partial charge in [0.25, 0.3) is 11.5 Å². The molecule has 0 aliphatic rings. The van der Waals surface area contributed by atoms with Gasteiger partial charge in [0.2, 0.25) is 11.8 Å². The Morgan fingerprint density at radius 2 is 2.03 bits per heavy atom. The molecule has 3 rings (SSSR count). The SMILES string of the molecule is C=C(C)C(F)(F)c1cccc2[nH]c(Cn3cccc(NC(=O)C(CC/C=C/C(N)=O)NC(=O)O)c3=O)nc12. The van der Waals surface area contributed by atoms with Crippen LogP contribution in [0.15, 0.2) is 65.6 Å². The van der Waals surface area contributed by atoms with Gasteiger partial charge in [-0.3, -0.25) is 14.4 Å². The number of carbonyl (C=O) groups is 3. The van der Waals surface area contributed by atoms with Crippen molar-refractivity contribution in [1.82, 2.24) is 19.9 Å². The number of aromatic amines is 1. The number of nitrogens with zero attached hydrogens (tertiary/aromatic N) is 2. The van der Waals surface area contributed by atoms with Gasteiger partial charge in [-0.1, -0.05) is 24.8 Å². The number of primary amides is 1. The van der Waals surface area contributed by atoms with Gasteiger partial charge in [0.15, 0.2) is 0 Å². The van der Waals surface area contributed by atoms with Gasteiger partial charge in [0.05, 0.1) is 23.1 Å². The molecule has 0 saturated heterocycles. The summed E-state index contributed by atoms with van der Waals surface area (Å²) in [5.74, 6) is -4.55. The van der Waals surface area contributed by atoms with Crippen LogP contribution in [0.4, 0.5) is 19.3 Å². The van der Waals surface area contributed by atoms with E-state index < -0.39 is 35.4 Å². The van der Waals surface area contributed by atoms with Crippen molar-refractivity contribution in [3.63, 3.8) is 0 Å². The summed E-state index contributed by atoms with van der Waals surface area (Å²) in [5.41, 5.74) is 3.98. The first kappa shape index (κ1) is 27.8. The standard InChI is InChI=1S/C25H26F2N6O5/c1-14(2)25(26,27)15-7-5-9-16-21(15)32-20(29-16)13-33-12-6-10-18(23(33)36)30-22(35)17(31-24(37)38)8-3-4-11-19(28)34/h4-7,9-12,17,31H,1,3,8,13H2,2H3,(H2,28,34)(H,29,32)(H,30,35)(H,37,38)/b11-4+. The number of H-pyrrole nitrogens is 1. The van der Waals surface area contributed by atoms with Crippen LogP contribution in [0.2, 0.25) is 0 Å². The lowest BCUT2D eigenvalue weighted by atomic mass is 10.0. The lowest BCUT2D eigenvalue weighted by Gasteiger charge is -2.16. The molecule has 200 valence electrons. The molecule has 11 nitrogen and oxygen atoms in total. The van der Waals surface area contributed by atoms with Crippen LogP contribution in [-0.2, 0) is 22.1 Å². The van der Waals surface area contributed by atoms with E-state index in [1.54, 1.807) is 6.07 Å². The summed E-state index contributed by atoms with van der Waals surface area (Å²) in [6, 6.07) is 5.90. The number of amides is 3. The molecule has 6 N–H and O–H groups in total. The molecule has 0 saturated carbocycles. The number of aromatic nitrogens is 3. The number of allylic oxidation sites excluding steroid dienone is 2. The van der Waals surface area contributed by atoms with Crippen molar-refractivity contribution < 1.29 is 28.3 Å². The summed E-state index contributed by atoms with van der Waals surface area (Å²) in [6.07, 6.45) is 2.63. The summed E-state index contributed by atoms with van der Waals surface area (Å²) in [6.45, 7) is 4.46. The number of nitrogens with two attached hydrogens (primary N) is 1. The maximum Gasteiger partial charge on any atom is 0.405 e. The van der Waals surface area contributed by atoms with Crippen LogP contribution in [0.1, 0.15) is 31.2 Å². The Hall–Kier alpha value is -4.81. The number of rotatable bonds is 11. The van der Waals surface area contributed by atoms with E-state index in [0.717, 1.165) is 6.08 Å². The quantitative estimate of drug-likeness (QED) is 0.189. The van der Waals surface area contributed by atoms with Crippen LogP contribution >= 0.6 is 0 Å². The topological polar surface area (TPSA) is 172 Å². The minimum atomic E-state index is -3.30. The molecule has 1 atom stereocenters. The van der Waals surface area contributed by atoms with Crippen molar-refractivity contribution in [2.75, 3.05) is 5.32 Å². The fourth-order valence-corrected chi connectivity index (χ4v) is 3.66. The Labute approximate surface area is 215 Å². The Bertz CT molecular complexity index is 1480.